The third-order valence-electron chi connectivity index (χ3n) is 4.23. The lowest BCUT2D eigenvalue weighted by atomic mass is 10.0. The van der Waals surface area contributed by atoms with E-state index in [1.54, 1.807) is 0 Å². The van der Waals surface area contributed by atoms with Crippen LogP contribution in [-0.4, -0.2) is 19.7 Å². The van der Waals surface area contributed by atoms with Gasteiger partial charge in [-0.05, 0) is 41.8 Å². The van der Waals surface area contributed by atoms with E-state index in [9.17, 15) is 0 Å². The first-order valence-electron chi connectivity index (χ1n) is 8.20. The normalized spacial score (nSPS) is 19.3. The molecule has 3 rings (SSSR count). The SMILES string of the molecule is CCC(Nc1ccc([C@H]2CNCCO2)cc1)c1ccc(Cl)cc1. The van der Waals surface area contributed by atoms with Crippen molar-refractivity contribution >= 4 is 17.3 Å². The van der Waals surface area contributed by atoms with Gasteiger partial charge in [0.1, 0.15) is 0 Å². The van der Waals surface area contributed by atoms with Crippen LogP contribution >= 0.6 is 11.6 Å². The van der Waals surface area contributed by atoms with Crippen molar-refractivity contribution in [2.75, 3.05) is 25.0 Å². The second-order valence-electron chi connectivity index (χ2n) is 5.84. The molecule has 2 aromatic rings. The number of anilines is 1. The zero-order valence-electron chi connectivity index (χ0n) is 13.4. The number of rotatable bonds is 5. The molecule has 2 atom stereocenters. The molecule has 1 fully saturated rings. The van der Waals surface area contributed by atoms with Crippen LogP contribution in [0.2, 0.25) is 5.02 Å². The van der Waals surface area contributed by atoms with Gasteiger partial charge in [-0.15, -0.1) is 0 Å². The lowest BCUT2D eigenvalue weighted by Gasteiger charge is -2.24. The van der Waals surface area contributed by atoms with Crippen LogP contribution in [0, 0.1) is 0 Å². The molecule has 0 radical (unpaired) electrons. The Balaban J connectivity index is 1.67. The quantitative estimate of drug-likeness (QED) is 0.843. The van der Waals surface area contributed by atoms with Gasteiger partial charge in [0.25, 0.3) is 0 Å². The van der Waals surface area contributed by atoms with Gasteiger partial charge in [0.05, 0.1) is 18.8 Å². The summed E-state index contributed by atoms with van der Waals surface area (Å²) in [5.41, 5.74) is 3.60. The average Bonchev–Trinajstić information content (AvgIpc) is 2.62. The summed E-state index contributed by atoms with van der Waals surface area (Å²) in [6, 6.07) is 16.9. The molecule has 0 bridgehead atoms. The Morgan fingerprint density at radius 1 is 1.17 bits per heavy atom. The first kappa shape index (κ1) is 16.3. The van der Waals surface area contributed by atoms with Gasteiger partial charge < -0.3 is 15.4 Å². The number of morpholine rings is 1. The zero-order chi connectivity index (χ0) is 16.1. The fourth-order valence-electron chi connectivity index (χ4n) is 2.89. The second kappa shape index (κ2) is 7.82. The van der Waals surface area contributed by atoms with Gasteiger partial charge in [-0.2, -0.15) is 0 Å². The number of hydrogen-bond acceptors (Lipinski definition) is 3. The number of ether oxygens (including phenoxy) is 1. The smallest absolute Gasteiger partial charge is 0.0949 e. The van der Waals surface area contributed by atoms with Crippen molar-refractivity contribution < 1.29 is 4.74 Å². The van der Waals surface area contributed by atoms with E-state index >= 15 is 0 Å². The third-order valence-corrected chi connectivity index (χ3v) is 4.48. The Kier molecular flexibility index (Phi) is 5.55. The molecule has 0 spiro atoms. The first-order valence-corrected chi connectivity index (χ1v) is 8.58. The molecule has 0 saturated carbocycles. The summed E-state index contributed by atoms with van der Waals surface area (Å²) in [7, 11) is 0. The molecule has 1 aliphatic heterocycles. The fraction of sp³-hybridized carbons (Fsp3) is 0.368. The maximum absolute atomic E-state index is 5.97. The highest BCUT2D eigenvalue weighted by atomic mass is 35.5. The van der Waals surface area contributed by atoms with Crippen LogP contribution in [0.25, 0.3) is 0 Å². The minimum absolute atomic E-state index is 0.163. The second-order valence-corrected chi connectivity index (χ2v) is 6.28. The summed E-state index contributed by atoms with van der Waals surface area (Å²) in [6.45, 7) is 4.78. The topological polar surface area (TPSA) is 33.3 Å². The van der Waals surface area contributed by atoms with E-state index in [1.165, 1.54) is 11.1 Å². The van der Waals surface area contributed by atoms with Crippen molar-refractivity contribution in [2.45, 2.75) is 25.5 Å². The summed E-state index contributed by atoms with van der Waals surface area (Å²) in [5.74, 6) is 0. The molecule has 2 N–H and O–H groups in total. The molecule has 1 heterocycles. The number of benzene rings is 2. The van der Waals surface area contributed by atoms with Crippen molar-refractivity contribution in [3.63, 3.8) is 0 Å². The molecule has 1 saturated heterocycles. The zero-order valence-corrected chi connectivity index (χ0v) is 14.1. The highest BCUT2D eigenvalue weighted by Crippen LogP contribution is 2.26. The van der Waals surface area contributed by atoms with E-state index in [-0.39, 0.29) is 12.1 Å². The fourth-order valence-corrected chi connectivity index (χ4v) is 3.02. The monoisotopic (exact) mass is 330 g/mol. The van der Waals surface area contributed by atoms with E-state index in [0.29, 0.717) is 0 Å². The first-order chi connectivity index (χ1) is 11.3. The molecule has 1 unspecified atom stereocenters. The Hall–Kier alpha value is -1.55. The van der Waals surface area contributed by atoms with Gasteiger partial charge in [0, 0.05) is 23.8 Å². The van der Waals surface area contributed by atoms with Crippen molar-refractivity contribution in [2.24, 2.45) is 0 Å². The van der Waals surface area contributed by atoms with Crippen LogP contribution < -0.4 is 10.6 Å². The van der Waals surface area contributed by atoms with Gasteiger partial charge in [0.2, 0.25) is 0 Å². The van der Waals surface area contributed by atoms with Crippen LogP contribution in [0.5, 0.6) is 0 Å². The molecule has 0 aliphatic carbocycles. The van der Waals surface area contributed by atoms with Crippen molar-refractivity contribution in [1.82, 2.24) is 5.32 Å². The minimum Gasteiger partial charge on any atom is -0.378 e. The summed E-state index contributed by atoms with van der Waals surface area (Å²) in [4.78, 5) is 0. The lowest BCUT2D eigenvalue weighted by Crippen LogP contribution is -2.33. The van der Waals surface area contributed by atoms with Crippen molar-refractivity contribution in [3.05, 3.63) is 64.7 Å². The molecule has 1 aliphatic rings. The van der Waals surface area contributed by atoms with Gasteiger partial charge in [0.15, 0.2) is 0 Å². The van der Waals surface area contributed by atoms with Crippen LogP contribution in [-0.2, 0) is 4.74 Å². The predicted octanol–water partition coefficient (Wildman–Crippen LogP) is 4.56. The third kappa shape index (κ3) is 4.25. The molecule has 0 aromatic heterocycles. The predicted molar refractivity (Wildman–Crippen MR) is 96.1 cm³/mol. The maximum atomic E-state index is 5.97. The Bertz CT molecular complexity index is 606. The van der Waals surface area contributed by atoms with Crippen LogP contribution in [0.3, 0.4) is 0 Å². The van der Waals surface area contributed by atoms with Crippen LogP contribution in [0.4, 0.5) is 5.69 Å². The molecular weight excluding hydrogens is 308 g/mol. The molecular formula is C19H23ClN2O. The van der Waals surface area contributed by atoms with Gasteiger partial charge >= 0.3 is 0 Å². The molecule has 2 aromatic carbocycles. The summed E-state index contributed by atoms with van der Waals surface area (Å²) in [5, 5.41) is 7.73. The lowest BCUT2D eigenvalue weighted by molar-refractivity contribution is 0.0277. The summed E-state index contributed by atoms with van der Waals surface area (Å²) < 4.78 is 5.79. The average molecular weight is 331 g/mol. The van der Waals surface area contributed by atoms with Gasteiger partial charge in [-0.25, -0.2) is 0 Å². The highest BCUT2D eigenvalue weighted by Gasteiger charge is 2.15. The number of halogens is 1. The Labute approximate surface area is 143 Å². The Morgan fingerprint density at radius 2 is 1.91 bits per heavy atom. The summed E-state index contributed by atoms with van der Waals surface area (Å²) in [6.07, 6.45) is 1.18. The molecule has 0 amide bonds. The van der Waals surface area contributed by atoms with Gasteiger partial charge in [-0.3, -0.25) is 0 Å². The van der Waals surface area contributed by atoms with E-state index in [4.69, 9.17) is 16.3 Å². The number of hydrogen-bond donors (Lipinski definition) is 2. The van der Waals surface area contributed by atoms with Crippen molar-refractivity contribution in [3.8, 4) is 0 Å². The van der Waals surface area contributed by atoms with Crippen LogP contribution in [0.1, 0.15) is 36.6 Å². The standard InChI is InChI=1S/C19H23ClN2O/c1-2-18(14-3-7-16(20)8-4-14)22-17-9-5-15(6-10-17)19-13-21-11-12-23-19/h3-10,18-19,21-22H,2,11-13H2,1H3/t18?,19-/m1/s1. The van der Waals surface area contributed by atoms with Gasteiger partial charge in [-0.1, -0.05) is 42.8 Å². The van der Waals surface area contributed by atoms with E-state index in [2.05, 4.69) is 54.0 Å². The highest BCUT2D eigenvalue weighted by molar-refractivity contribution is 6.30. The van der Waals surface area contributed by atoms with E-state index in [1.807, 2.05) is 12.1 Å². The molecule has 3 nitrogen and oxygen atoms in total. The molecule has 122 valence electrons. The Morgan fingerprint density at radius 3 is 2.52 bits per heavy atom. The van der Waals surface area contributed by atoms with Crippen LogP contribution in [0.15, 0.2) is 48.5 Å². The van der Waals surface area contributed by atoms with E-state index < -0.39 is 0 Å². The molecule has 23 heavy (non-hydrogen) atoms. The minimum atomic E-state index is 0.163. The van der Waals surface area contributed by atoms with E-state index in [0.717, 1.165) is 36.8 Å². The maximum Gasteiger partial charge on any atom is 0.0949 e. The summed E-state index contributed by atoms with van der Waals surface area (Å²) >= 11 is 5.97. The molecule has 4 heteroatoms. The largest absolute Gasteiger partial charge is 0.378 e. The van der Waals surface area contributed by atoms with Crippen molar-refractivity contribution in [1.29, 1.82) is 0 Å². The number of nitrogens with one attached hydrogen (secondary N) is 2.